The number of para-hydroxylation sites is 1. The van der Waals surface area contributed by atoms with Gasteiger partial charge in [-0.1, -0.05) is 48.5 Å². The van der Waals surface area contributed by atoms with Crippen molar-refractivity contribution < 1.29 is 50.8 Å². The zero-order valence-electron chi connectivity index (χ0n) is 32.0. The average molecular weight is 782 g/mol. The third-order valence-corrected chi connectivity index (χ3v) is 10.1. The molecule has 4 amide bonds. The van der Waals surface area contributed by atoms with Gasteiger partial charge in [0.15, 0.2) is 19.0 Å². The van der Waals surface area contributed by atoms with Crippen molar-refractivity contribution in [3.8, 4) is 5.75 Å². The molecule has 0 unspecified atom stereocenters. The van der Waals surface area contributed by atoms with Gasteiger partial charge in [-0.25, -0.2) is 4.98 Å². The molecule has 2 aromatic carbocycles. The minimum atomic E-state index is -1.53. The van der Waals surface area contributed by atoms with Crippen LogP contribution in [0.5, 0.6) is 5.75 Å². The number of hydrogen-bond acceptors (Lipinski definition) is 8. The second-order valence-electron chi connectivity index (χ2n) is 14.8. The molecule has 0 aliphatic carbocycles. The number of hydrogen-bond donors (Lipinski definition) is 3. The summed E-state index contributed by atoms with van der Waals surface area (Å²) in [5.74, 6) is -1.94. The normalized spacial score (nSPS) is 15.9. The van der Waals surface area contributed by atoms with Crippen LogP contribution < -0.4 is 38.1 Å². The van der Waals surface area contributed by atoms with Crippen LogP contribution in [0, 0.1) is 13.8 Å². The molecule has 1 fully saturated rings. The first-order chi connectivity index (χ1) is 25.0. The standard InChI is InChI=1S/C40H51N5O7S.ClH/c1-26-12-11-13-27(2)34(26)51-24-32(47)43-30(22-28-14-9-8-10-15-28)35(52-33(48)17-16-31(46)42-23-29-18-20-41-21-19-29)38(50)45-25-53-40(6,7)36(45)37(49)44-39(3,4)5;/h8-15,18-21,30,35-36H,16-17,22-25H2,1-7H3,(H,42,46)(H,43,47)(H,44,49);1H/t30-,35-,36+;/m0./s1. The summed E-state index contributed by atoms with van der Waals surface area (Å²) in [7, 11) is 0. The first kappa shape index (κ1) is 43.8. The Kier molecular flexibility index (Phi) is 15.9. The van der Waals surface area contributed by atoms with Crippen molar-refractivity contribution in [3.63, 3.8) is 0 Å². The number of aryl methyl sites for hydroxylation is 2. The summed E-state index contributed by atoms with van der Waals surface area (Å²) in [6, 6.07) is 16.6. The zero-order chi connectivity index (χ0) is 38.8. The van der Waals surface area contributed by atoms with E-state index in [-0.39, 0.29) is 62.5 Å². The third kappa shape index (κ3) is 12.8. The van der Waals surface area contributed by atoms with Crippen LogP contribution in [-0.2, 0) is 41.7 Å². The number of amides is 4. The Bertz CT molecular complexity index is 1730. The Hall–Kier alpha value is -4.62. The van der Waals surface area contributed by atoms with Crippen molar-refractivity contribution in [2.75, 3.05) is 12.5 Å². The maximum Gasteiger partial charge on any atom is 0.307 e. The fraction of sp³-hybridized carbons (Fsp3) is 0.450. The van der Waals surface area contributed by atoms with Gasteiger partial charge in [0.2, 0.25) is 17.9 Å². The SMILES string of the molecule is Cc1cccc(C)c1OCC(=O)N[C@@H](Cc1ccccc1)[C@H](OC(=O)CCC(=O)NCc1cc[nH+]cc1)C(=O)N1CSC(C)(C)[C@H]1C(=O)NC(C)(C)C.[Cl-]. The number of nitrogens with zero attached hydrogens (tertiary/aromatic N) is 1. The van der Waals surface area contributed by atoms with E-state index < -0.39 is 46.3 Å². The summed E-state index contributed by atoms with van der Waals surface area (Å²) in [4.78, 5) is 72.6. The van der Waals surface area contributed by atoms with Gasteiger partial charge in [-0.15, -0.1) is 11.8 Å². The summed E-state index contributed by atoms with van der Waals surface area (Å²) >= 11 is 1.43. The van der Waals surface area contributed by atoms with Crippen molar-refractivity contribution >= 4 is 41.4 Å². The quantitative estimate of drug-likeness (QED) is 0.192. The number of benzene rings is 2. The third-order valence-electron chi connectivity index (χ3n) is 8.68. The monoisotopic (exact) mass is 781 g/mol. The summed E-state index contributed by atoms with van der Waals surface area (Å²) in [5, 5.41) is 8.69. The highest BCUT2D eigenvalue weighted by molar-refractivity contribution is 8.00. The summed E-state index contributed by atoms with van der Waals surface area (Å²) < 4.78 is 11.2. The van der Waals surface area contributed by atoms with Crippen LogP contribution >= 0.6 is 11.8 Å². The van der Waals surface area contributed by atoms with Crippen molar-refractivity contribution in [1.29, 1.82) is 0 Å². The van der Waals surface area contributed by atoms with Gasteiger partial charge < -0.3 is 42.7 Å². The fourth-order valence-corrected chi connectivity index (χ4v) is 7.22. The van der Waals surface area contributed by atoms with E-state index in [1.54, 1.807) is 12.4 Å². The molecular formula is C40H52ClN5O7S. The number of esters is 1. The van der Waals surface area contributed by atoms with Gasteiger partial charge in [0.1, 0.15) is 11.8 Å². The van der Waals surface area contributed by atoms with Crippen LogP contribution in [0.3, 0.4) is 0 Å². The van der Waals surface area contributed by atoms with Crippen LogP contribution in [0.15, 0.2) is 73.1 Å². The molecule has 4 N–H and O–H groups in total. The van der Waals surface area contributed by atoms with Gasteiger partial charge >= 0.3 is 5.97 Å². The predicted molar refractivity (Wildman–Crippen MR) is 203 cm³/mol. The number of carbonyl (C=O) groups excluding carboxylic acids is 5. The van der Waals surface area contributed by atoms with Crippen molar-refractivity contribution in [2.24, 2.45) is 0 Å². The molecule has 14 heteroatoms. The number of carbonyl (C=O) groups is 5. The maximum atomic E-state index is 14.7. The van der Waals surface area contributed by atoms with Gasteiger partial charge in [0.25, 0.3) is 11.8 Å². The number of H-pyrrole nitrogens is 1. The van der Waals surface area contributed by atoms with Crippen LogP contribution in [-0.4, -0.2) is 75.5 Å². The molecule has 0 saturated carbocycles. The zero-order valence-corrected chi connectivity index (χ0v) is 33.6. The number of ether oxygens (including phenoxy) is 2. The molecule has 292 valence electrons. The minimum absolute atomic E-state index is 0. The van der Waals surface area contributed by atoms with Gasteiger partial charge in [-0.05, 0) is 77.1 Å². The van der Waals surface area contributed by atoms with Gasteiger partial charge in [0, 0.05) is 35.4 Å². The molecule has 2 heterocycles. The highest BCUT2D eigenvalue weighted by Gasteiger charge is 2.51. The molecule has 3 atom stereocenters. The topological polar surface area (TPSA) is 157 Å². The number of halogens is 1. The predicted octanol–water partition coefficient (Wildman–Crippen LogP) is 0.831. The number of nitrogens with one attached hydrogen (secondary N) is 4. The second-order valence-corrected chi connectivity index (χ2v) is 16.4. The van der Waals surface area contributed by atoms with Crippen LogP contribution in [0.4, 0.5) is 0 Å². The summed E-state index contributed by atoms with van der Waals surface area (Å²) in [5.41, 5.74) is 2.81. The molecule has 0 radical (unpaired) electrons. The molecule has 54 heavy (non-hydrogen) atoms. The van der Waals surface area contributed by atoms with E-state index in [1.807, 2.05) is 109 Å². The molecular weight excluding hydrogens is 730 g/mol. The molecule has 3 aromatic rings. The van der Waals surface area contributed by atoms with Crippen LogP contribution in [0.1, 0.15) is 69.7 Å². The van der Waals surface area contributed by atoms with Crippen molar-refractivity contribution in [2.45, 2.75) is 103 Å². The molecule has 12 nitrogen and oxygen atoms in total. The van der Waals surface area contributed by atoms with Crippen LogP contribution in [0.2, 0.25) is 0 Å². The van der Waals surface area contributed by atoms with Crippen molar-refractivity contribution in [3.05, 3.63) is 95.3 Å². The summed E-state index contributed by atoms with van der Waals surface area (Å²) in [6.07, 6.45) is 1.59. The number of aromatic nitrogens is 1. The highest BCUT2D eigenvalue weighted by Crippen LogP contribution is 2.40. The van der Waals surface area contributed by atoms with E-state index in [2.05, 4.69) is 20.9 Å². The fourth-order valence-electron chi connectivity index (χ4n) is 6.08. The van der Waals surface area contributed by atoms with E-state index in [4.69, 9.17) is 9.47 Å². The van der Waals surface area contributed by atoms with E-state index >= 15 is 0 Å². The Morgan fingerprint density at radius 3 is 2.19 bits per heavy atom. The lowest BCUT2D eigenvalue weighted by Gasteiger charge is -2.36. The van der Waals surface area contributed by atoms with E-state index in [0.29, 0.717) is 5.75 Å². The number of rotatable bonds is 15. The van der Waals surface area contributed by atoms with E-state index in [1.165, 1.54) is 16.7 Å². The van der Waals surface area contributed by atoms with Crippen molar-refractivity contribution in [1.82, 2.24) is 20.9 Å². The molecule has 0 spiro atoms. The Balaban J connectivity index is 0.00000784. The first-order valence-corrected chi connectivity index (χ1v) is 18.7. The first-order valence-electron chi connectivity index (χ1n) is 17.7. The number of aromatic amines is 1. The Morgan fingerprint density at radius 2 is 1.56 bits per heavy atom. The van der Waals surface area contributed by atoms with E-state index in [0.717, 1.165) is 22.3 Å². The van der Waals surface area contributed by atoms with Gasteiger partial charge in [-0.3, -0.25) is 24.0 Å². The smallest absolute Gasteiger partial charge is 0.307 e. The lowest BCUT2D eigenvalue weighted by atomic mass is 9.96. The number of thioether (sulfide) groups is 1. The van der Waals surface area contributed by atoms with Gasteiger partial charge in [-0.2, -0.15) is 0 Å². The second kappa shape index (κ2) is 19.6. The molecule has 4 rings (SSSR count). The highest BCUT2D eigenvalue weighted by atomic mass is 35.5. The summed E-state index contributed by atoms with van der Waals surface area (Å²) in [6.45, 7) is 13.0. The Morgan fingerprint density at radius 1 is 0.907 bits per heavy atom. The number of pyridine rings is 1. The molecule has 0 bridgehead atoms. The van der Waals surface area contributed by atoms with Crippen LogP contribution in [0.25, 0.3) is 0 Å². The minimum Gasteiger partial charge on any atom is -1.00 e. The molecule has 1 aliphatic heterocycles. The Labute approximate surface area is 328 Å². The lowest BCUT2D eigenvalue weighted by Crippen LogP contribution is -3.00. The van der Waals surface area contributed by atoms with Gasteiger partial charge in [0.05, 0.1) is 18.3 Å². The molecule has 1 saturated heterocycles. The molecule has 1 aliphatic rings. The van der Waals surface area contributed by atoms with E-state index in [9.17, 15) is 24.0 Å². The largest absolute Gasteiger partial charge is 1.00 e. The lowest BCUT2D eigenvalue weighted by molar-refractivity contribution is -0.378. The maximum absolute atomic E-state index is 14.7. The average Bonchev–Trinajstić information content (AvgIpc) is 3.43. The molecule has 1 aromatic heterocycles.